The average Bonchev–Trinajstić information content (AvgIpc) is 2.44. The molecule has 21 heavy (non-hydrogen) atoms. The summed E-state index contributed by atoms with van der Waals surface area (Å²) in [6, 6.07) is 0. The smallest absolute Gasteiger partial charge is 0.0797 e. The third kappa shape index (κ3) is 2.86. The quantitative estimate of drug-likeness (QED) is 0.678. The molecule has 2 rings (SSSR count). The number of allylic oxidation sites excluding steroid dienone is 1. The van der Waals surface area contributed by atoms with E-state index in [0.717, 1.165) is 24.7 Å². The monoisotopic (exact) mass is 290 g/mol. The van der Waals surface area contributed by atoms with E-state index in [1.165, 1.54) is 37.7 Å². The third-order valence-corrected chi connectivity index (χ3v) is 7.18. The van der Waals surface area contributed by atoms with Crippen molar-refractivity contribution in [3.05, 3.63) is 24.8 Å². The van der Waals surface area contributed by atoms with Gasteiger partial charge in [0, 0.05) is 0 Å². The zero-order valence-corrected chi connectivity index (χ0v) is 14.5. The van der Waals surface area contributed by atoms with Gasteiger partial charge in [-0.1, -0.05) is 39.0 Å². The van der Waals surface area contributed by atoms with Crippen LogP contribution in [0, 0.1) is 22.7 Å². The van der Waals surface area contributed by atoms with Crippen LogP contribution in [0.5, 0.6) is 0 Å². The molecule has 2 aliphatic carbocycles. The van der Waals surface area contributed by atoms with E-state index in [0.29, 0.717) is 10.8 Å². The Kier molecular flexibility index (Phi) is 4.46. The van der Waals surface area contributed by atoms with Crippen molar-refractivity contribution in [3.63, 3.8) is 0 Å². The third-order valence-electron chi connectivity index (χ3n) is 7.18. The van der Waals surface area contributed by atoms with E-state index < -0.39 is 5.60 Å². The summed E-state index contributed by atoms with van der Waals surface area (Å²) < 4.78 is 0. The van der Waals surface area contributed by atoms with Crippen molar-refractivity contribution in [1.82, 2.24) is 0 Å². The molecule has 0 aromatic heterocycles. The fraction of sp³-hybridized carbons (Fsp3) is 0.800. The van der Waals surface area contributed by atoms with Crippen LogP contribution in [0.2, 0.25) is 0 Å². The summed E-state index contributed by atoms with van der Waals surface area (Å²) in [5.41, 5.74) is 1.37. The van der Waals surface area contributed by atoms with Crippen molar-refractivity contribution in [3.8, 4) is 0 Å². The van der Waals surface area contributed by atoms with Gasteiger partial charge in [-0.15, -0.1) is 6.58 Å². The molecule has 0 saturated heterocycles. The van der Waals surface area contributed by atoms with E-state index in [-0.39, 0.29) is 0 Å². The molecule has 0 aromatic carbocycles. The predicted molar refractivity (Wildman–Crippen MR) is 91.1 cm³/mol. The van der Waals surface area contributed by atoms with Gasteiger partial charge in [0.2, 0.25) is 0 Å². The van der Waals surface area contributed by atoms with E-state index in [1.807, 2.05) is 6.92 Å². The fourth-order valence-electron chi connectivity index (χ4n) is 5.01. The van der Waals surface area contributed by atoms with Crippen molar-refractivity contribution >= 4 is 0 Å². The molecular formula is C20H34O. The van der Waals surface area contributed by atoms with Crippen LogP contribution >= 0.6 is 0 Å². The normalized spacial score (nSPS) is 43.0. The van der Waals surface area contributed by atoms with Gasteiger partial charge in [0.05, 0.1) is 5.60 Å². The first kappa shape index (κ1) is 16.8. The molecular weight excluding hydrogens is 256 g/mol. The molecule has 2 unspecified atom stereocenters. The Balaban J connectivity index is 2.25. The summed E-state index contributed by atoms with van der Waals surface area (Å²) in [6.45, 7) is 17.4. The molecule has 0 aromatic rings. The van der Waals surface area contributed by atoms with Gasteiger partial charge >= 0.3 is 0 Å². The molecule has 0 heterocycles. The first-order valence-electron chi connectivity index (χ1n) is 8.70. The topological polar surface area (TPSA) is 20.2 Å². The fourth-order valence-corrected chi connectivity index (χ4v) is 5.01. The maximum absolute atomic E-state index is 10.3. The summed E-state index contributed by atoms with van der Waals surface area (Å²) in [5.74, 6) is 1.44. The lowest BCUT2D eigenvalue weighted by Gasteiger charge is -2.59. The molecule has 0 bridgehead atoms. The second kappa shape index (κ2) is 5.57. The highest BCUT2D eigenvalue weighted by atomic mass is 16.3. The highest BCUT2D eigenvalue weighted by Crippen LogP contribution is 2.62. The lowest BCUT2D eigenvalue weighted by Crippen LogP contribution is -2.50. The van der Waals surface area contributed by atoms with Gasteiger partial charge < -0.3 is 5.11 Å². The standard InChI is InChI=1S/C20H34O/c1-7-18(4,21)13-14-20(6)16(3)11-12-19(5)15(2)9-8-10-17(19)20/h7,16-17,21H,1-2,8-14H2,3-6H3/t16-,17?,18?,19+,20+/m1/s1. The number of hydrogen-bond donors (Lipinski definition) is 1. The molecule has 0 spiro atoms. The van der Waals surface area contributed by atoms with E-state index in [4.69, 9.17) is 0 Å². The molecule has 120 valence electrons. The van der Waals surface area contributed by atoms with E-state index in [1.54, 1.807) is 6.08 Å². The molecule has 5 atom stereocenters. The predicted octanol–water partition coefficient (Wildman–Crippen LogP) is 5.50. The summed E-state index contributed by atoms with van der Waals surface area (Å²) >= 11 is 0. The SMILES string of the molecule is C=CC(C)(O)CC[C@]1(C)C2CCCC(=C)[C@]2(C)CC[C@H]1C. The van der Waals surface area contributed by atoms with Crippen LogP contribution < -0.4 is 0 Å². The second-order valence-corrected chi connectivity index (χ2v) is 8.47. The Morgan fingerprint density at radius 1 is 1.38 bits per heavy atom. The Morgan fingerprint density at radius 3 is 2.67 bits per heavy atom. The van der Waals surface area contributed by atoms with Gasteiger partial charge in [-0.3, -0.25) is 0 Å². The van der Waals surface area contributed by atoms with Gasteiger partial charge in [0.1, 0.15) is 0 Å². The van der Waals surface area contributed by atoms with Crippen molar-refractivity contribution < 1.29 is 5.11 Å². The number of rotatable bonds is 4. The van der Waals surface area contributed by atoms with Gasteiger partial charge in [-0.2, -0.15) is 0 Å². The maximum atomic E-state index is 10.3. The molecule has 1 nitrogen and oxygen atoms in total. The van der Waals surface area contributed by atoms with Crippen LogP contribution in [0.4, 0.5) is 0 Å². The molecule has 2 saturated carbocycles. The minimum Gasteiger partial charge on any atom is -0.386 e. The Hall–Kier alpha value is -0.560. The Labute approximate surface area is 131 Å². The van der Waals surface area contributed by atoms with Gasteiger partial charge in [-0.05, 0) is 74.5 Å². The number of aliphatic hydroxyl groups is 1. The largest absolute Gasteiger partial charge is 0.386 e. The molecule has 1 N–H and O–H groups in total. The van der Waals surface area contributed by atoms with Crippen molar-refractivity contribution in [2.45, 2.75) is 78.2 Å². The van der Waals surface area contributed by atoms with Crippen molar-refractivity contribution in [2.75, 3.05) is 0 Å². The Bertz CT molecular complexity index is 422. The highest BCUT2D eigenvalue weighted by molar-refractivity contribution is 5.19. The minimum atomic E-state index is -0.734. The second-order valence-electron chi connectivity index (χ2n) is 8.47. The number of hydrogen-bond acceptors (Lipinski definition) is 1. The van der Waals surface area contributed by atoms with E-state index in [9.17, 15) is 5.11 Å². The van der Waals surface area contributed by atoms with E-state index in [2.05, 4.69) is 33.9 Å². The van der Waals surface area contributed by atoms with Gasteiger partial charge in [-0.25, -0.2) is 0 Å². The summed E-state index contributed by atoms with van der Waals surface area (Å²) in [6.07, 6.45) is 10.0. The van der Waals surface area contributed by atoms with Crippen molar-refractivity contribution in [2.24, 2.45) is 22.7 Å². The average molecular weight is 290 g/mol. The first-order chi connectivity index (χ1) is 9.66. The lowest BCUT2D eigenvalue weighted by atomic mass is 9.46. The maximum Gasteiger partial charge on any atom is 0.0797 e. The zero-order chi connectivity index (χ0) is 15.9. The van der Waals surface area contributed by atoms with E-state index >= 15 is 0 Å². The van der Waals surface area contributed by atoms with Crippen LogP contribution in [-0.2, 0) is 0 Å². The van der Waals surface area contributed by atoms with Crippen LogP contribution in [0.15, 0.2) is 24.8 Å². The Morgan fingerprint density at radius 2 is 2.05 bits per heavy atom. The number of fused-ring (bicyclic) bond motifs is 1. The van der Waals surface area contributed by atoms with Crippen molar-refractivity contribution in [1.29, 1.82) is 0 Å². The van der Waals surface area contributed by atoms with Gasteiger partial charge in [0.25, 0.3) is 0 Å². The lowest BCUT2D eigenvalue weighted by molar-refractivity contribution is -0.0649. The molecule has 2 aliphatic rings. The molecule has 1 heteroatoms. The van der Waals surface area contributed by atoms with Crippen LogP contribution in [-0.4, -0.2) is 10.7 Å². The molecule has 0 aliphatic heterocycles. The highest BCUT2D eigenvalue weighted by Gasteiger charge is 2.53. The molecule has 2 fully saturated rings. The summed E-state index contributed by atoms with van der Waals surface area (Å²) in [7, 11) is 0. The summed E-state index contributed by atoms with van der Waals surface area (Å²) in [4.78, 5) is 0. The first-order valence-corrected chi connectivity index (χ1v) is 8.70. The van der Waals surface area contributed by atoms with Crippen LogP contribution in [0.1, 0.15) is 72.6 Å². The van der Waals surface area contributed by atoms with Crippen LogP contribution in [0.25, 0.3) is 0 Å². The minimum absolute atomic E-state index is 0.309. The molecule has 0 radical (unpaired) electrons. The summed E-state index contributed by atoms with van der Waals surface area (Å²) in [5, 5.41) is 10.3. The van der Waals surface area contributed by atoms with Gasteiger partial charge in [0.15, 0.2) is 0 Å². The van der Waals surface area contributed by atoms with Crippen LogP contribution in [0.3, 0.4) is 0 Å². The zero-order valence-electron chi connectivity index (χ0n) is 14.5. The molecule has 0 amide bonds.